The number of ether oxygens (including phenoxy) is 3. The Labute approximate surface area is 270 Å². The van der Waals surface area contributed by atoms with Crippen LogP contribution in [0.15, 0.2) is 28.4 Å². The number of hydrogen-bond acceptors (Lipinski definition) is 15. The highest BCUT2D eigenvalue weighted by molar-refractivity contribution is 7.51. The minimum Gasteiger partial charge on any atom is -0.394 e. The molecule has 20 nitrogen and oxygen atoms in total. The van der Waals surface area contributed by atoms with E-state index in [1.54, 1.807) is 11.9 Å². The van der Waals surface area contributed by atoms with Gasteiger partial charge in [0.25, 0.3) is 5.56 Å². The third-order valence-corrected chi connectivity index (χ3v) is 9.21. The SMILES string of the molecule is COC1C(O)[C@@H](COP(=O)(NCCCN(C)C)OC2C[C@H](n3cnc4c(=O)[nH]c(N)nc43)O[C@@H]2CO)O[C@H]1N(C)/C=C\C(N)=N/C=O. The highest BCUT2D eigenvalue weighted by Crippen LogP contribution is 2.49. The van der Waals surface area contributed by atoms with Crippen LogP contribution in [0.4, 0.5) is 5.95 Å². The van der Waals surface area contributed by atoms with Crippen molar-refractivity contribution in [2.24, 2.45) is 10.7 Å². The van der Waals surface area contributed by atoms with Gasteiger partial charge in [-0.3, -0.25) is 28.2 Å². The standard InChI is InChI=1S/C26H43N10O10P/c1-34(2)8-5-7-31-47(41,43-12-17-21(39)22(42-4)25(45-17)35(3)9-6-18(27)30-14-38)46-15-10-19(44-16(15)11-37)36-13-29-20-23(36)32-26(28)33-24(20)40/h6,9,13-17,19,21-22,25,37,39H,5,7-8,10-12H2,1-4H3,(H,31,41)(H2,27,30,38)(H3,28,32,33,40)/b9-6-/t15?,16-,17-,19-,21?,22?,25-,47?/m1/s1. The quantitative estimate of drug-likeness (QED) is 0.0348. The van der Waals surface area contributed by atoms with E-state index in [4.69, 9.17) is 34.7 Å². The number of methoxy groups -OCH3 is 1. The zero-order valence-corrected chi connectivity index (χ0v) is 27.4. The van der Waals surface area contributed by atoms with Crippen LogP contribution in [0.5, 0.6) is 0 Å². The van der Waals surface area contributed by atoms with Crippen molar-refractivity contribution in [1.82, 2.24) is 34.4 Å². The van der Waals surface area contributed by atoms with Crippen molar-refractivity contribution >= 4 is 37.1 Å². The number of fused-ring (bicyclic) bond motifs is 1. The number of imidazole rings is 1. The highest BCUT2D eigenvalue weighted by Gasteiger charge is 2.47. The Kier molecular flexibility index (Phi) is 12.6. The van der Waals surface area contributed by atoms with Crippen molar-refractivity contribution in [3.8, 4) is 0 Å². The molecule has 8 atom stereocenters. The lowest BCUT2D eigenvalue weighted by atomic mass is 10.1. The van der Waals surface area contributed by atoms with E-state index in [-0.39, 0.29) is 42.5 Å². The summed E-state index contributed by atoms with van der Waals surface area (Å²) in [7, 11) is 2.73. The highest BCUT2D eigenvalue weighted by atomic mass is 31.2. The van der Waals surface area contributed by atoms with Gasteiger partial charge in [0.05, 0.1) is 19.5 Å². The maximum atomic E-state index is 14.2. The Bertz CT molecular complexity index is 1520. The zero-order chi connectivity index (χ0) is 34.3. The summed E-state index contributed by atoms with van der Waals surface area (Å²) in [6.07, 6.45) is -1.23. The number of aliphatic imine (C=N–C) groups is 1. The molecule has 0 saturated carbocycles. The van der Waals surface area contributed by atoms with Gasteiger partial charge in [-0.05, 0) is 33.1 Å². The molecule has 1 amide bonds. The number of nitrogens with zero attached hydrogens (tertiary/aromatic N) is 6. The average Bonchev–Trinajstić information content (AvgIpc) is 3.72. The predicted octanol–water partition coefficient (Wildman–Crippen LogP) is -1.91. The number of H-pyrrole nitrogens is 1. The maximum Gasteiger partial charge on any atom is 0.405 e. The molecule has 0 aromatic carbocycles. The van der Waals surface area contributed by atoms with Crippen molar-refractivity contribution in [2.45, 2.75) is 55.8 Å². The molecular weight excluding hydrogens is 643 g/mol. The van der Waals surface area contributed by atoms with E-state index in [1.807, 2.05) is 19.0 Å². The molecule has 262 valence electrons. The number of nitrogens with one attached hydrogen (secondary N) is 2. The molecule has 4 rings (SSSR count). The summed E-state index contributed by atoms with van der Waals surface area (Å²) in [6.45, 7) is 0.103. The van der Waals surface area contributed by atoms with Crippen LogP contribution in [-0.2, 0) is 32.6 Å². The second kappa shape index (κ2) is 16.2. The lowest BCUT2D eigenvalue weighted by molar-refractivity contribution is -0.106. The van der Waals surface area contributed by atoms with Gasteiger partial charge in [0, 0.05) is 33.3 Å². The molecule has 2 fully saturated rings. The summed E-state index contributed by atoms with van der Waals surface area (Å²) in [6, 6.07) is 0. The Balaban J connectivity index is 1.49. The molecule has 2 aromatic heterocycles. The second-order valence-electron chi connectivity index (χ2n) is 11.2. The number of aromatic amines is 1. The first-order valence-electron chi connectivity index (χ1n) is 14.7. The predicted molar refractivity (Wildman–Crippen MR) is 168 cm³/mol. The van der Waals surface area contributed by atoms with Gasteiger partial charge >= 0.3 is 7.75 Å². The Hall–Kier alpha value is -3.30. The number of aromatic nitrogens is 4. The van der Waals surface area contributed by atoms with Crippen LogP contribution in [0.2, 0.25) is 0 Å². The number of nitrogen functional groups attached to an aromatic ring is 1. The van der Waals surface area contributed by atoms with Crippen molar-refractivity contribution in [3.05, 3.63) is 29.0 Å². The smallest absolute Gasteiger partial charge is 0.394 e. The molecule has 2 aliphatic heterocycles. The number of aliphatic hydroxyl groups is 2. The third-order valence-electron chi connectivity index (χ3n) is 7.56. The summed E-state index contributed by atoms with van der Waals surface area (Å²) in [5, 5.41) is 24.0. The first-order valence-corrected chi connectivity index (χ1v) is 16.3. The molecule has 8 N–H and O–H groups in total. The molecule has 0 radical (unpaired) electrons. The largest absolute Gasteiger partial charge is 0.405 e. The van der Waals surface area contributed by atoms with Crippen molar-refractivity contribution in [1.29, 1.82) is 0 Å². The third kappa shape index (κ3) is 8.99. The summed E-state index contributed by atoms with van der Waals surface area (Å²) < 4.78 is 45.0. The second-order valence-corrected chi connectivity index (χ2v) is 13.0. The first kappa shape index (κ1) is 36.5. The van der Waals surface area contributed by atoms with E-state index in [0.29, 0.717) is 19.4 Å². The Morgan fingerprint density at radius 2 is 2.11 bits per heavy atom. The van der Waals surface area contributed by atoms with Crippen LogP contribution in [0.3, 0.4) is 0 Å². The van der Waals surface area contributed by atoms with Gasteiger partial charge in [-0.25, -0.2) is 14.6 Å². The first-order chi connectivity index (χ1) is 22.4. The molecule has 0 aliphatic carbocycles. The summed E-state index contributed by atoms with van der Waals surface area (Å²) in [5.74, 6) is -0.145. The number of carbonyl (C=O) groups is 1. The summed E-state index contributed by atoms with van der Waals surface area (Å²) >= 11 is 0. The monoisotopic (exact) mass is 686 g/mol. The number of anilines is 1. The normalized spacial score (nSPS) is 28.1. The van der Waals surface area contributed by atoms with Crippen LogP contribution in [0.25, 0.3) is 11.2 Å². The minimum atomic E-state index is -4.13. The van der Waals surface area contributed by atoms with Crippen LogP contribution in [0.1, 0.15) is 19.1 Å². The number of carbonyl (C=O) groups excluding carboxylic acids is 1. The van der Waals surface area contributed by atoms with Gasteiger partial charge in [-0.15, -0.1) is 0 Å². The number of aliphatic hydroxyl groups excluding tert-OH is 2. The van der Waals surface area contributed by atoms with Gasteiger partial charge in [-0.2, -0.15) is 9.98 Å². The van der Waals surface area contributed by atoms with E-state index in [9.17, 15) is 24.4 Å². The molecule has 0 bridgehead atoms. The van der Waals surface area contributed by atoms with Crippen molar-refractivity contribution < 1.29 is 42.8 Å². The number of amidine groups is 1. The van der Waals surface area contributed by atoms with Gasteiger partial charge in [-0.1, -0.05) is 0 Å². The molecule has 4 unspecified atom stereocenters. The van der Waals surface area contributed by atoms with Crippen LogP contribution < -0.4 is 22.1 Å². The summed E-state index contributed by atoms with van der Waals surface area (Å²) in [4.78, 5) is 40.4. The minimum absolute atomic E-state index is 0.0349. The summed E-state index contributed by atoms with van der Waals surface area (Å²) in [5.41, 5.74) is 11.1. The number of rotatable bonds is 17. The average molecular weight is 687 g/mol. The zero-order valence-electron chi connectivity index (χ0n) is 26.5. The van der Waals surface area contributed by atoms with Gasteiger partial charge in [0.2, 0.25) is 12.4 Å². The van der Waals surface area contributed by atoms with E-state index in [1.165, 1.54) is 30.3 Å². The van der Waals surface area contributed by atoms with E-state index in [2.05, 4.69) is 25.0 Å². The molecule has 2 aliphatic rings. The van der Waals surface area contributed by atoms with Gasteiger partial charge < -0.3 is 45.7 Å². The topological polar surface area (TPSA) is 267 Å². The number of amides is 1. The molecular formula is C26H43N10O10P. The fourth-order valence-electron chi connectivity index (χ4n) is 5.20. The maximum absolute atomic E-state index is 14.2. The lowest BCUT2D eigenvalue weighted by Crippen LogP contribution is -2.41. The van der Waals surface area contributed by atoms with Gasteiger partial charge in [0.15, 0.2) is 17.4 Å². The van der Waals surface area contributed by atoms with E-state index in [0.717, 1.165) is 0 Å². The molecule has 2 saturated heterocycles. The molecule has 21 heteroatoms. The van der Waals surface area contributed by atoms with Crippen molar-refractivity contribution in [3.63, 3.8) is 0 Å². The molecule has 4 heterocycles. The molecule has 2 aromatic rings. The fourth-order valence-corrected chi connectivity index (χ4v) is 6.78. The lowest BCUT2D eigenvalue weighted by Gasteiger charge is -2.27. The van der Waals surface area contributed by atoms with Crippen LogP contribution in [0, 0.1) is 0 Å². The molecule has 47 heavy (non-hydrogen) atoms. The van der Waals surface area contributed by atoms with E-state index < -0.39 is 62.9 Å². The number of likely N-dealkylation sites (N-methyl/N-ethyl adjacent to an activating group) is 1. The van der Waals surface area contributed by atoms with Crippen LogP contribution >= 0.6 is 7.75 Å². The Morgan fingerprint density at radius 3 is 2.79 bits per heavy atom. The number of hydrogen-bond donors (Lipinski definition) is 6. The van der Waals surface area contributed by atoms with Gasteiger partial charge in [0.1, 0.15) is 42.6 Å². The van der Waals surface area contributed by atoms with E-state index >= 15 is 0 Å². The fraction of sp³-hybridized carbons (Fsp3) is 0.654. The van der Waals surface area contributed by atoms with Crippen LogP contribution in [-0.4, -0.2) is 143 Å². The van der Waals surface area contributed by atoms with Crippen molar-refractivity contribution in [2.75, 3.05) is 60.3 Å². The Morgan fingerprint density at radius 1 is 1.34 bits per heavy atom. The number of nitrogens with two attached hydrogens (primary N) is 2. The molecule has 0 spiro atoms.